The van der Waals surface area contributed by atoms with E-state index in [1.54, 1.807) is 30.6 Å². The van der Waals surface area contributed by atoms with Gasteiger partial charge in [0.1, 0.15) is 0 Å². The van der Waals surface area contributed by atoms with Gasteiger partial charge in [0.2, 0.25) is 0 Å². The molecule has 0 aromatic heterocycles. The normalized spacial score (nSPS) is 12.2. The van der Waals surface area contributed by atoms with E-state index in [4.69, 9.17) is 4.74 Å². The van der Waals surface area contributed by atoms with E-state index < -0.39 is 0 Å². The summed E-state index contributed by atoms with van der Waals surface area (Å²) in [5, 5.41) is 2.95. The summed E-state index contributed by atoms with van der Waals surface area (Å²) in [6.07, 6.45) is 5.07. The molecule has 3 nitrogen and oxygen atoms in total. The third-order valence-corrected chi connectivity index (χ3v) is 4.26. The Morgan fingerprint density at radius 3 is 2.74 bits per heavy atom. The van der Waals surface area contributed by atoms with Crippen molar-refractivity contribution in [2.75, 3.05) is 31.9 Å². The van der Waals surface area contributed by atoms with Crippen molar-refractivity contribution in [1.29, 1.82) is 0 Å². The van der Waals surface area contributed by atoms with Crippen molar-refractivity contribution in [1.82, 2.24) is 5.32 Å². The van der Waals surface area contributed by atoms with Crippen LogP contribution in [0.3, 0.4) is 0 Å². The zero-order valence-corrected chi connectivity index (χ0v) is 13.3. The van der Waals surface area contributed by atoms with Crippen molar-refractivity contribution in [2.24, 2.45) is 0 Å². The van der Waals surface area contributed by atoms with Crippen molar-refractivity contribution >= 4 is 29.4 Å². The second-order valence-electron chi connectivity index (χ2n) is 4.05. The molecular weight excluding hydrogens is 278 g/mol. The molecule has 1 aromatic carbocycles. The maximum Gasteiger partial charge on any atom is 0.252 e. The maximum absolute atomic E-state index is 12.1. The van der Waals surface area contributed by atoms with Gasteiger partial charge in [0.05, 0.1) is 11.7 Å². The molecule has 0 aliphatic rings. The van der Waals surface area contributed by atoms with Crippen molar-refractivity contribution in [2.45, 2.75) is 17.4 Å². The van der Waals surface area contributed by atoms with E-state index in [1.807, 2.05) is 30.5 Å². The third kappa shape index (κ3) is 5.47. The Labute approximate surface area is 123 Å². The zero-order valence-electron chi connectivity index (χ0n) is 11.6. The lowest BCUT2D eigenvalue weighted by atomic mass is 10.2. The van der Waals surface area contributed by atoms with Gasteiger partial charge in [-0.15, -0.1) is 11.8 Å². The summed E-state index contributed by atoms with van der Waals surface area (Å²) in [4.78, 5) is 13.1. The highest BCUT2D eigenvalue weighted by Crippen LogP contribution is 2.19. The molecule has 0 aliphatic carbocycles. The number of hydrogen-bond donors (Lipinski definition) is 1. The van der Waals surface area contributed by atoms with Gasteiger partial charge in [0.25, 0.3) is 5.91 Å². The minimum atomic E-state index is -0.0313. The molecule has 1 amide bonds. The maximum atomic E-state index is 12.1. The van der Waals surface area contributed by atoms with Crippen molar-refractivity contribution < 1.29 is 9.53 Å². The Kier molecular flexibility index (Phi) is 8.02. The summed E-state index contributed by atoms with van der Waals surface area (Å²) in [6, 6.07) is 7.64. The van der Waals surface area contributed by atoms with E-state index in [0.29, 0.717) is 6.54 Å². The van der Waals surface area contributed by atoms with E-state index in [1.165, 1.54) is 0 Å². The summed E-state index contributed by atoms with van der Waals surface area (Å²) in [6.45, 7) is 0.554. The van der Waals surface area contributed by atoms with Crippen LogP contribution in [-0.2, 0) is 4.74 Å². The highest BCUT2D eigenvalue weighted by atomic mass is 32.2. The predicted molar refractivity (Wildman–Crippen MR) is 84.4 cm³/mol. The largest absolute Gasteiger partial charge is 0.380 e. The summed E-state index contributed by atoms with van der Waals surface area (Å²) >= 11 is 3.37. The molecule has 0 fully saturated rings. The lowest BCUT2D eigenvalue weighted by molar-refractivity contribution is 0.0817. The van der Waals surface area contributed by atoms with E-state index in [-0.39, 0.29) is 12.0 Å². The molecule has 1 rings (SSSR count). The number of thioether (sulfide) groups is 2. The highest BCUT2D eigenvalue weighted by Gasteiger charge is 2.13. The zero-order chi connectivity index (χ0) is 14.1. The van der Waals surface area contributed by atoms with Crippen molar-refractivity contribution in [3.63, 3.8) is 0 Å². The first kappa shape index (κ1) is 16.4. The Morgan fingerprint density at radius 1 is 1.37 bits per heavy atom. The first-order chi connectivity index (χ1) is 9.22. The quantitative estimate of drug-likeness (QED) is 0.749. The van der Waals surface area contributed by atoms with Crippen LogP contribution in [0.25, 0.3) is 0 Å². The molecule has 1 N–H and O–H groups in total. The smallest absolute Gasteiger partial charge is 0.252 e. The lowest BCUT2D eigenvalue weighted by Crippen LogP contribution is -2.33. The van der Waals surface area contributed by atoms with Crippen LogP contribution in [0.15, 0.2) is 29.2 Å². The van der Waals surface area contributed by atoms with Gasteiger partial charge in [0.15, 0.2) is 0 Å². The number of rotatable bonds is 8. The van der Waals surface area contributed by atoms with E-state index in [9.17, 15) is 4.79 Å². The van der Waals surface area contributed by atoms with Crippen LogP contribution in [0, 0.1) is 0 Å². The van der Waals surface area contributed by atoms with Gasteiger partial charge in [-0.3, -0.25) is 4.79 Å². The Morgan fingerprint density at radius 2 is 2.11 bits per heavy atom. The third-order valence-electron chi connectivity index (χ3n) is 2.82. The molecule has 19 heavy (non-hydrogen) atoms. The van der Waals surface area contributed by atoms with Crippen molar-refractivity contribution in [3.05, 3.63) is 29.8 Å². The molecule has 0 saturated heterocycles. The average Bonchev–Trinajstić information content (AvgIpc) is 2.47. The number of benzene rings is 1. The predicted octanol–water partition coefficient (Wildman–Crippen LogP) is 2.91. The highest BCUT2D eigenvalue weighted by molar-refractivity contribution is 7.98. The summed E-state index contributed by atoms with van der Waals surface area (Å²) in [5.74, 6) is 1.01. The van der Waals surface area contributed by atoms with Gasteiger partial charge >= 0.3 is 0 Å². The fourth-order valence-electron chi connectivity index (χ4n) is 1.69. The number of methoxy groups -OCH3 is 1. The SMILES string of the molecule is COC(CCSC)CNC(=O)c1ccccc1SC. The van der Waals surface area contributed by atoms with Crippen LogP contribution in [0.2, 0.25) is 0 Å². The molecule has 0 aliphatic heterocycles. The number of nitrogens with one attached hydrogen (secondary N) is 1. The van der Waals surface area contributed by atoms with Crippen LogP contribution in [-0.4, -0.2) is 43.9 Å². The van der Waals surface area contributed by atoms with E-state index in [0.717, 1.165) is 22.6 Å². The lowest BCUT2D eigenvalue weighted by Gasteiger charge is -2.16. The molecule has 1 atom stereocenters. The number of amides is 1. The molecule has 106 valence electrons. The van der Waals surface area contributed by atoms with Gasteiger partial charge in [-0.05, 0) is 36.8 Å². The Bertz CT molecular complexity index is 399. The minimum Gasteiger partial charge on any atom is -0.380 e. The minimum absolute atomic E-state index is 0.0313. The first-order valence-corrected chi connectivity index (χ1v) is 8.77. The monoisotopic (exact) mass is 299 g/mol. The fourth-order valence-corrected chi connectivity index (χ4v) is 2.78. The number of hydrogen-bond acceptors (Lipinski definition) is 4. The van der Waals surface area contributed by atoms with Crippen LogP contribution in [0.4, 0.5) is 0 Å². The molecule has 0 saturated carbocycles. The van der Waals surface area contributed by atoms with Crippen LogP contribution in [0.1, 0.15) is 16.8 Å². The molecule has 5 heteroatoms. The second kappa shape index (κ2) is 9.28. The molecule has 0 radical (unpaired) electrons. The van der Waals surface area contributed by atoms with Crippen LogP contribution >= 0.6 is 23.5 Å². The van der Waals surface area contributed by atoms with Crippen molar-refractivity contribution in [3.8, 4) is 0 Å². The standard InChI is InChI=1S/C14H21NO2S2/c1-17-11(8-9-18-2)10-15-14(16)12-6-4-5-7-13(12)19-3/h4-7,11H,8-10H2,1-3H3,(H,15,16). The molecule has 0 spiro atoms. The molecule has 1 unspecified atom stereocenters. The van der Waals surface area contributed by atoms with Gasteiger partial charge < -0.3 is 10.1 Å². The Balaban J connectivity index is 2.54. The molecular formula is C14H21NO2S2. The molecule has 1 aromatic rings. The fraction of sp³-hybridized carbons (Fsp3) is 0.500. The van der Waals surface area contributed by atoms with Crippen LogP contribution < -0.4 is 5.32 Å². The first-order valence-electron chi connectivity index (χ1n) is 6.15. The van der Waals surface area contributed by atoms with Gasteiger partial charge in [-0.25, -0.2) is 0 Å². The van der Waals surface area contributed by atoms with Gasteiger partial charge in [-0.2, -0.15) is 11.8 Å². The summed E-state index contributed by atoms with van der Waals surface area (Å²) in [7, 11) is 1.69. The summed E-state index contributed by atoms with van der Waals surface area (Å²) < 4.78 is 5.36. The summed E-state index contributed by atoms with van der Waals surface area (Å²) in [5.41, 5.74) is 0.731. The van der Waals surface area contributed by atoms with E-state index >= 15 is 0 Å². The second-order valence-corrected chi connectivity index (χ2v) is 5.88. The molecule has 0 bridgehead atoms. The average molecular weight is 299 g/mol. The molecule has 0 heterocycles. The number of carbonyl (C=O) groups excluding carboxylic acids is 1. The van der Waals surface area contributed by atoms with Crippen LogP contribution in [0.5, 0.6) is 0 Å². The topological polar surface area (TPSA) is 38.3 Å². The van der Waals surface area contributed by atoms with Gasteiger partial charge in [0, 0.05) is 18.6 Å². The number of carbonyl (C=O) groups is 1. The Hall–Kier alpha value is -0.650. The van der Waals surface area contributed by atoms with Gasteiger partial charge in [-0.1, -0.05) is 12.1 Å². The van der Waals surface area contributed by atoms with E-state index in [2.05, 4.69) is 11.6 Å². The number of ether oxygens (including phenoxy) is 1.